The Morgan fingerprint density at radius 1 is 1.12 bits per heavy atom. The van der Waals surface area contributed by atoms with Crippen molar-refractivity contribution in [2.45, 2.75) is 83.4 Å². The average Bonchev–Trinajstić information content (AvgIpc) is 2.55. The molecule has 8 heteroatoms. The van der Waals surface area contributed by atoms with Crippen LogP contribution in [0.25, 0.3) is 0 Å². The minimum absolute atomic E-state index is 0.0987. The van der Waals surface area contributed by atoms with E-state index >= 15 is 0 Å². The summed E-state index contributed by atoms with van der Waals surface area (Å²) in [5.74, 6) is -0.539. The van der Waals surface area contributed by atoms with Crippen LogP contribution in [0.1, 0.15) is 65.7 Å². The van der Waals surface area contributed by atoms with Crippen LogP contribution in [0.4, 0.5) is 0 Å². The first-order valence-electron chi connectivity index (χ1n) is 9.32. The smallest absolute Gasteiger partial charge is 0.237 e. The number of nitrogens with one attached hydrogen (secondary N) is 2. The first-order valence-corrected chi connectivity index (χ1v) is 9.32. The summed E-state index contributed by atoms with van der Waals surface area (Å²) in [7, 11) is 0. The molecule has 0 spiro atoms. The molecule has 0 aliphatic carbocycles. The summed E-state index contributed by atoms with van der Waals surface area (Å²) in [5.41, 5.74) is 10.5. The summed E-state index contributed by atoms with van der Waals surface area (Å²) >= 11 is 0. The number of Topliss-reactive ketones (excluding diaryl/α,β-unsaturated/α-hetero) is 1. The molecule has 26 heavy (non-hydrogen) atoms. The lowest BCUT2D eigenvalue weighted by molar-refractivity contribution is -0.128. The fourth-order valence-corrected chi connectivity index (χ4v) is 2.33. The van der Waals surface area contributed by atoms with Gasteiger partial charge in [-0.05, 0) is 65.8 Å². The molecule has 0 aromatic heterocycles. The molecule has 0 fully saturated rings. The highest BCUT2D eigenvalue weighted by Crippen LogP contribution is 2.09. The van der Waals surface area contributed by atoms with Crippen molar-refractivity contribution >= 4 is 17.6 Å². The first-order chi connectivity index (χ1) is 12.1. The molecule has 0 aromatic rings. The Morgan fingerprint density at radius 3 is 2.31 bits per heavy atom. The topological polar surface area (TPSA) is 148 Å². The molecule has 0 rings (SSSR count). The van der Waals surface area contributed by atoms with Crippen molar-refractivity contribution in [2.24, 2.45) is 11.5 Å². The second kappa shape index (κ2) is 12.8. The first kappa shape index (κ1) is 24.5. The maximum absolute atomic E-state index is 12.1. The van der Waals surface area contributed by atoms with Gasteiger partial charge in [-0.15, -0.1) is 0 Å². The normalized spacial score (nSPS) is 13.8. The lowest BCUT2D eigenvalue weighted by atomic mass is 10.0. The zero-order valence-electron chi connectivity index (χ0n) is 16.3. The van der Waals surface area contributed by atoms with Crippen LogP contribution in [0.5, 0.6) is 0 Å². The lowest BCUT2D eigenvalue weighted by Crippen LogP contribution is -2.48. The van der Waals surface area contributed by atoms with Crippen molar-refractivity contribution < 1.29 is 19.5 Å². The lowest BCUT2D eigenvalue weighted by Gasteiger charge is -2.19. The van der Waals surface area contributed by atoms with E-state index in [0.717, 1.165) is 0 Å². The van der Waals surface area contributed by atoms with E-state index in [1.165, 1.54) is 6.92 Å². The van der Waals surface area contributed by atoms with Crippen LogP contribution in [0, 0.1) is 0 Å². The Hall–Kier alpha value is -1.51. The van der Waals surface area contributed by atoms with E-state index in [0.29, 0.717) is 51.6 Å². The highest BCUT2D eigenvalue weighted by atomic mass is 16.3. The third kappa shape index (κ3) is 12.8. The number of hydrogen-bond donors (Lipinski definition) is 5. The molecule has 152 valence electrons. The predicted octanol–water partition coefficient (Wildman–Crippen LogP) is -0.0360. The molecule has 2 amide bonds. The number of carbonyl (C=O) groups excluding carboxylic acids is 3. The zero-order valence-corrected chi connectivity index (χ0v) is 16.3. The Kier molecular flexibility index (Phi) is 12.0. The van der Waals surface area contributed by atoms with E-state index in [4.69, 9.17) is 11.5 Å². The Morgan fingerprint density at radius 2 is 1.77 bits per heavy atom. The van der Waals surface area contributed by atoms with E-state index in [-0.39, 0.29) is 24.0 Å². The summed E-state index contributed by atoms with van der Waals surface area (Å²) < 4.78 is 0. The molecule has 0 aromatic carbocycles. The van der Waals surface area contributed by atoms with Crippen LogP contribution in [-0.4, -0.2) is 53.5 Å². The van der Waals surface area contributed by atoms with Gasteiger partial charge in [-0.3, -0.25) is 14.4 Å². The van der Waals surface area contributed by atoms with Gasteiger partial charge in [0, 0.05) is 13.0 Å². The van der Waals surface area contributed by atoms with E-state index < -0.39 is 17.7 Å². The summed E-state index contributed by atoms with van der Waals surface area (Å²) in [6.07, 6.45) is 3.74. The molecule has 0 heterocycles. The highest BCUT2D eigenvalue weighted by Gasteiger charge is 2.20. The third-order valence-electron chi connectivity index (χ3n) is 4.07. The summed E-state index contributed by atoms with van der Waals surface area (Å²) in [4.78, 5) is 35.2. The van der Waals surface area contributed by atoms with Gasteiger partial charge in [-0.25, -0.2) is 0 Å². The van der Waals surface area contributed by atoms with Crippen molar-refractivity contribution in [1.29, 1.82) is 0 Å². The number of hydrogen-bond acceptors (Lipinski definition) is 6. The number of aliphatic hydroxyl groups is 1. The van der Waals surface area contributed by atoms with Crippen molar-refractivity contribution in [3.05, 3.63) is 0 Å². The van der Waals surface area contributed by atoms with Crippen LogP contribution in [0.15, 0.2) is 0 Å². The third-order valence-corrected chi connectivity index (χ3v) is 4.07. The number of ketones is 1. The molecule has 8 nitrogen and oxygen atoms in total. The zero-order chi connectivity index (χ0) is 20.2. The van der Waals surface area contributed by atoms with Gasteiger partial charge in [0.05, 0.1) is 17.7 Å². The maximum atomic E-state index is 12.1. The molecule has 0 saturated carbocycles. The van der Waals surface area contributed by atoms with Gasteiger partial charge in [-0.1, -0.05) is 0 Å². The second-order valence-electron chi connectivity index (χ2n) is 7.37. The Balaban J connectivity index is 3.96. The monoisotopic (exact) mass is 372 g/mol. The van der Waals surface area contributed by atoms with Crippen molar-refractivity contribution in [2.75, 3.05) is 13.1 Å². The fraction of sp³-hybridized carbons (Fsp3) is 0.833. The van der Waals surface area contributed by atoms with Crippen LogP contribution in [0.2, 0.25) is 0 Å². The largest absolute Gasteiger partial charge is 0.390 e. The van der Waals surface area contributed by atoms with Gasteiger partial charge in [0.2, 0.25) is 11.8 Å². The summed E-state index contributed by atoms with van der Waals surface area (Å²) in [5, 5.41) is 15.0. The number of carbonyl (C=O) groups is 3. The van der Waals surface area contributed by atoms with Crippen LogP contribution >= 0.6 is 0 Å². The van der Waals surface area contributed by atoms with Gasteiger partial charge in [-0.2, -0.15) is 0 Å². The number of rotatable bonds is 14. The predicted molar refractivity (Wildman–Crippen MR) is 101 cm³/mol. The number of nitrogens with two attached hydrogens (primary N) is 2. The molecule has 0 aliphatic heterocycles. The van der Waals surface area contributed by atoms with Gasteiger partial charge in [0.15, 0.2) is 5.78 Å². The summed E-state index contributed by atoms with van der Waals surface area (Å²) in [6, 6.07) is -1.22. The minimum atomic E-state index is -0.848. The van der Waals surface area contributed by atoms with Gasteiger partial charge >= 0.3 is 0 Å². The maximum Gasteiger partial charge on any atom is 0.237 e. The Labute approximate surface area is 156 Å². The molecule has 0 bridgehead atoms. The van der Waals surface area contributed by atoms with Crippen LogP contribution in [-0.2, 0) is 14.4 Å². The fourth-order valence-electron chi connectivity index (χ4n) is 2.33. The average molecular weight is 373 g/mol. The molecule has 7 N–H and O–H groups in total. The van der Waals surface area contributed by atoms with E-state index in [2.05, 4.69) is 10.6 Å². The summed E-state index contributed by atoms with van der Waals surface area (Å²) in [6.45, 7) is 5.74. The van der Waals surface area contributed by atoms with Crippen molar-refractivity contribution in [3.63, 3.8) is 0 Å². The van der Waals surface area contributed by atoms with E-state index in [9.17, 15) is 19.5 Å². The van der Waals surface area contributed by atoms with Gasteiger partial charge in [0.25, 0.3) is 0 Å². The van der Waals surface area contributed by atoms with E-state index in [1.807, 2.05) is 0 Å². The highest BCUT2D eigenvalue weighted by molar-refractivity contribution is 5.89. The molecular weight excluding hydrogens is 336 g/mol. The standard InChI is InChI=1S/C18H36N4O4/c1-13(23)15(8-6-11-19)22-17(25)14(20)7-4-5-12-21-16(24)9-10-18(2,3)26/h14-15,26H,4-12,19-20H2,1-3H3,(H,21,24)(H,22,25)/t14-,15?/m0/s1. The van der Waals surface area contributed by atoms with Crippen molar-refractivity contribution in [3.8, 4) is 0 Å². The number of amides is 2. The number of unbranched alkanes of at least 4 members (excludes halogenated alkanes) is 1. The molecule has 0 aliphatic rings. The van der Waals surface area contributed by atoms with Gasteiger partial charge < -0.3 is 27.2 Å². The molecule has 0 saturated heterocycles. The molecule has 1 unspecified atom stereocenters. The molecular formula is C18H36N4O4. The Bertz CT molecular complexity index is 449. The molecule has 2 atom stereocenters. The minimum Gasteiger partial charge on any atom is -0.390 e. The van der Waals surface area contributed by atoms with Crippen LogP contribution < -0.4 is 22.1 Å². The van der Waals surface area contributed by atoms with Crippen molar-refractivity contribution in [1.82, 2.24) is 10.6 Å². The second-order valence-corrected chi connectivity index (χ2v) is 7.37. The van der Waals surface area contributed by atoms with Crippen LogP contribution in [0.3, 0.4) is 0 Å². The molecule has 0 radical (unpaired) electrons. The SMILES string of the molecule is CC(=O)C(CCCN)NC(=O)[C@@H](N)CCCCNC(=O)CCC(C)(C)O. The quantitative estimate of drug-likeness (QED) is 0.270. The van der Waals surface area contributed by atoms with Gasteiger partial charge in [0.1, 0.15) is 0 Å². The van der Waals surface area contributed by atoms with E-state index in [1.54, 1.807) is 13.8 Å².